The first-order chi connectivity index (χ1) is 8.58. The average Bonchev–Trinajstić information content (AvgIpc) is 2.72. The lowest BCUT2D eigenvalue weighted by atomic mass is 10.0. The minimum atomic E-state index is 0.344. The minimum absolute atomic E-state index is 0.344. The van der Waals surface area contributed by atoms with E-state index >= 15 is 0 Å². The first kappa shape index (κ1) is 13.1. The van der Waals surface area contributed by atoms with Crippen LogP contribution in [0.2, 0.25) is 0 Å². The quantitative estimate of drug-likeness (QED) is 0.859. The molecule has 2 atom stereocenters. The predicted molar refractivity (Wildman–Crippen MR) is 75.5 cm³/mol. The number of nitrogens with one attached hydrogen (secondary N) is 1. The molecule has 0 aromatic carbocycles. The molecule has 1 aliphatic rings. The second-order valence-electron chi connectivity index (χ2n) is 5.84. The van der Waals surface area contributed by atoms with Crippen molar-refractivity contribution in [3.63, 3.8) is 0 Å². The number of anilines is 2. The Morgan fingerprint density at radius 3 is 2.78 bits per heavy atom. The van der Waals surface area contributed by atoms with Gasteiger partial charge in [0.05, 0.1) is 0 Å². The van der Waals surface area contributed by atoms with Gasteiger partial charge in [0.25, 0.3) is 0 Å². The molecule has 2 rings (SSSR count). The number of nitrogen functional groups attached to an aromatic ring is 1. The first-order valence-corrected chi connectivity index (χ1v) is 6.92. The summed E-state index contributed by atoms with van der Waals surface area (Å²) in [4.78, 5) is 8.42. The van der Waals surface area contributed by atoms with Gasteiger partial charge in [-0.05, 0) is 30.6 Å². The van der Waals surface area contributed by atoms with Crippen molar-refractivity contribution in [3.8, 4) is 0 Å². The highest BCUT2D eigenvalue weighted by atomic mass is 15.0. The van der Waals surface area contributed by atoms with Crippen LogP contribution in [0, 0.1) is 11.8 Å². The van der Waals surface area contributed by atoms with Gasteiger partial charge in [-0.15, -0.1) is 0 Å². The van der Waals surface area contributed by atoms with E-state index in [-0.39, 0.29) is 0 Å². The smallest absolute Gasteiger partial charge is 0.134 e. The highest BCUT2D eigenvalue weighted by Crippen LogP contribution is 2.31. The monoisotopic (exact) mass is 248 g/mol. The topological polar surface area (TPSA) is 63.8 Å². The van der Waals surface area contributed by atoms with Crippen molar-refractivity contribution >= 4 is 11.6 Å². The normalized spacial score (nSPS) is 23.6. The Morgan fingerprint density at radius 2 is 2.17 bits per heavy atom. The van der Waals surface area contributed by atoms with E-state index in [9.17, 15) is 0 Å². The van der Waals surface area contributed by atoms with Crippen molar-refractivity contribution in [1.82, 2.24) is 9.97 Å². The summed E-state index contributed by atoms with van der Waals surface area (Å²) in [5.41, 5.74) is 6.98. The summed E-state index contributed by atoms with van der Waals surface area (Å²) in [6.45, 7) is 7.58. The van der Waals surface area contributed by atoms with Gasteiger partial charge in [0.1, 0.15) is 18.0 Å². The van der Waals surface area contributed by atoms with Crippen LogP contribution in [-0.2, 0) is 0 Å². The summed E-state index contributed by atoms with van der Waals surface area (Å²) in [6.07, 6.45) is 5.55. The SMILES string of the molecule is CC1CCC(CNc2ncnc(N)c2C(C)C)C1. The number of nitrogens with two attached hydrogens (primary N) is 1. The standard InChI is InChI=1S/C14H24N4/c1-9(2)12-13(15)17-8-18-14(12)16-7-11-5-4-10(3)6-11/h8-11H,4-7H2,1-3H3,(H3,15,16,17,18). The van der Waals surface area contributed by atoms with Gasteiger partial charge < -0.3 is 11.1 Å². The van der Waals surface area contributed by atoms with E-state index in [2.05, 4.69) is 36.1 Å². The van der Waals surface area contributed by atoms with Crippen molar-refractivity contribution in [1.29, 1.82) is 0 Å². The molecule has 1 saturated carbocycles. The molecule has 1 heterocycles. The van der Waals surface area contributed by atoms with Crippen molar-refractivity contribution in [3.05, 3.63) is 11.9 Å². The predicted octanol–water partition coefficient (Wildman–Crippen LogP) is 3.03. The molecule has 1 aromatic heterocycles. The van der Waals surface area contributed by atoms with Gasteiger partial charge in [-0.3, -0.25) is 0 Å². The molecule has 100 valence electrons. The third-order valence-electron chi connectivity index (χ3n) is 3.85. The van der Waals surface area contributed by atoms with Crippen LogP contribution < -0.4 is 11.1 Å². The van der Waals surface area contributed by atoms with E-state index in [1.165, 1.54) is 19.3 Å². The first-order valence-electron chi connectivity index (χ1n) is 6.92. The van der Waals surface area contributed by atoms with Crippen LogP contribution in [0.3, 0.4) is 0 Å². The summed E-state index contributed by atoms with van der Waals surface area (Å²) in [5.74, 6) is 3.50. The van der Waals surface area contributed by atoms with Gasteiger partial charge in [0.2, 0.25) is 0 Å². The zero-order chi connectivity index (χ0) is 13.1. The van der Waals surface area contributed by atoms with Crippen molar-refractivity contribution in [2.45, 2.75) is 46.0 Å². The zero-order valence-corrected chi connectivity index (χ0v) is 11.6. The Hall–Kier alpha value is -1.32. The van der Waals surface area contributed by atoms with Gasteiger partial charge in [0.15, 0.2) is 0 Å². The average molecular weight is 248 g/mol. The molecule has 1 aromatic rings. The van der Waals surface area contributed by atoms with Gasteiger partial charge in [-0.1, -0.05) is 27.2 Å². The lowest BCUT2D eigenvalue weighted by molar-refractivity contribution is 0.536. The van der Waals surface area contributed by atoms with Crippen LogP contribution in [0.15, 0.2) is 6.33 Å². The fourth-order valence-corrected chi connectivity index (χ4v) is 2.87. The van der Waals surface area contributed by atoms with E-state index in [4.69, 9.17) is 5.73 Å². The fourth-order valence-electron chi connectivity index (χ4n) is 2.87. The Bertz CT molecular complexity index is 403. The molecule has 0 aliphatic heterocycles. The van der Waals surface area contributed by atoms with Gasteiger partial charge in [0, 0.05) is 12.1 Å². The van der Waals surface area contributed by atoms with Crippen LogP contribution in [0.25, 0.3) is 0 Å². The summed E-state index contributed by atoms with van der Waals surface area (Å²) in [6, 6.07) is 0. The van der Waals surface area contributed by atoms with Crippen LogP contribution in [-0.4, -0.2) is 16.5 Å². The van der Waals surface area contributed by atoms with Gasteiger partial charge in [-0.2, -0.15) is 0 Å². The highest BCUT2D eigenvalue weighted by molar-refractivity contribution is 5.56. The molecule has 0 bridgehead atoms. The van der Waals surface area contributed by atoms with E-state index in [1.807, 2.05) is 0 Å². The molecule has 0 radical (unpaired) electrons. The molecule has 4 heteroatoms. The van der Waals surface area contributed by atoms with Crippen LogP contribution in [0.1, 0.15) is 51.5 Å². The second kappa shape index (κ2) is 5.55. The van der Waals surface area contributed by atoms with Crippen molar-refractivity contribution in [2.24, 2.45) is 11.8 Å². The van der Waals surface area contributed by atoms with E-state index in [0.29, 0.717) is 11.7 Å². The van der Waals surface area contributed by atoms with E-state index in [0.717, 1.165) is 29.8 Å². The van der Waals surface area contributed by atoms with E-state index < -0.39 is 0 Å². The highest BCUT2D eigenvalue weighted by Gasteiger charge is 2.22. The lowest BCUT2D eigenvalue weighted by Crippen LogP contribution is -2.15. The molecule has 1 fully saturated rings. The second-order valence-corrected chi connectivity index (χ2v) is 5.84. The molecule has 0 amide bonds. The molecule has 2 unspecified atom stereocenters. The van der Waals surface area contributed by atoms with E-state index in [1.54, 1.807) is 6.33 Å². The number of hydrogen-bond acceptors (Lipinski definition) is 4. The van der Waals surface area contributed by atoms with Crippen LogP contribution in [0.5, 0.6) is 0 Å². The Kier molecular flexibility index (Phi) is 4.04. The Morgan fingerprint density at radius 1 is 1.39 bits per heavy atom. The molecule has 3 N–H and O–H groups in total. The van der Waals surface area contributed by atoms with Crippen molar-refractivity contribution < 1.29 is 0 Å². The third-order valence-corrected chi connectivity index (χ3v) is 3.85. The maximum atomic E-state index is 5.94. The summed E-state index contributed by atoms with van der Waals surface area (Å²) in [5, 5.41) is 3.47. The molecule has 1 aliphatic carbocycles. The molecule has 0 saturated heterocycles. The summed E-state index contributed by atoms with van der Waals surface area (Å²) < 4.78 is 0. The Balaban J connectivity index is 2.03. The molecule has 4 nitrogen and oxygen atoms in total. The molecule has 0 spiro atoms. The third kappa shape index (κ3) is 2.92. The Labute approximate surface area is 109 Å². The summed E-state index contributed by atoms with van der Waals surface area (Å²) in [7, 11) is 0. The minimum Gasteiger partial charge on any atom is -0.383 e. The molecular weight excluding hydrogens is 224 g/mol. The number of nitrogens with zero attached hydrogens (tertiary/aromatic N) is 2. The molecular formula is C14H24N4. The van der Waals surface area contributed by atoms with Crippen LogP contribution in [0.4, 0.5) is 11.6 Å². The van der Waals surface area contributed by atoms with Gasteiger partial charge >= 0.3 is 0 Å². The fraction of sp³-hybridized carbons (Fsp3) is 0.714. The number of aromatic nitrogens is 2. The zero-order valence-electron chi connectivity index (χ0n) is 11.6. The van der Waals surface area contributed by atoms with Crippen LogP contribution >= 0.6 is 0 Å². The lowest BCUT2D eigenvalue weighted by Gasteiger charge is -2.17. The maximum Gasteiger partial charge on any atom is 0.134 e. The summed E-state index contributed by atoms with van der Waals surface area (Å²) >= 11 is 0. The largest absolute Gasteiger partial charge is 0.383 e. The van der Waals surface area contributed by atoms with Crippen molar-refractivity contribution in [2.75, 3.05) is 17.6 Å². The molecule has 18 heavy (non-hydrogen) atoms. The van der Waals surface area contributed by atoms with Gasteiger partial charge in [-0.25, -0.2) is 9.97 Å². The number of rotatable bonds is 4. The number of hydrogen-bond donors (Lipinski definition) is 2. The maximum absolute atomic E-state index is 5.94.